The second-order valence-corrected chi connectivity index (χ2v) is 17.8. The standard InChI is InChI=1S/2C33H21N3O/c1-3-12-22(13-4-1)31-34-32(23-14-5-2-6-15-23)36-33(35-31)28-18-8-7-16-24(28)26-19-11-20-27-25-17-9-10-21-29(25)37-30(26)27;1-3-10-23(11-4-1)31-34-32(24-12-5-2-6-13-24)36-33(35-31)25-20-18-22(19-21-25)26-15-9-16-28-27-14-7-8-17-29(27)37-30(26)28/h2*1-21H. The number of benzene rings is 10. The largest absolute Gasteiger partial charge is 0.455 e. The maximum atomic E-state index is 6.36. The highest BCUT2D eigenvalue weighted by Gasteiger charge is 2.20. The average Bonchev–Trinajstić information content (AvgIpc) is 4.09. The van der Waals surface area contributed by atoms with Gasteiger partial charge in [0.15, 0.2) is 34.9 Å². The van der Waals surface area contributed by atoms with Gasteiger partial charge < -0.3 is 8.83 Å². The van der Waals surface area contributed by atoms with Gasteiger partial charge in [-0.25, -0.2) is 29.9 Å². The van der Waals surface area contributed by atoms with E-state index in [1.54, 1.807) is 0 Å². The molecule has 0 N–H and O–H groups in total. The molecule has 14 aromatic rings. The molecule has 348 valence electrons. The number of nitrogens with zero attached hydrogens (tertiary/aromatic N) is 6. The molecule has 4 aromatic heterocycles. The van der Waals surface area contributed by atoms with Crippen molar-refractivity contribution in [3.63, 3.8) is 0 Å². The summed E-state index contributed by atoms with van der Waals surface area (Å²) in [7, 11) is 0. The van der Waals surface area contributed by atoms with Crippen molar-refractivity contribution < 1.29 is 8.83 Å². The zero-order chi connectivity index (χ0) is 49.2. The fourth-order valence-electron chi connectivity index (χ4n) is 9.51. The van der Waals surface area contributed by atoms with Crippen LogP contribution in [0.15, 0.2) is 264 Å². The highest BCUT2D eigenvalue weighted by atomic mass is 16.3. The Morgan fingerprint density at radius 3 is 0.932 bits per heavy atom. The number of hydrogen-bond acceptors (Lipinski definition) is 8. The lowest BCUT2D eigenvalue weighted by Gasteiger charge is -2.12. The van der Waals surface area contributed by atoms with Gasteiger partial charge in [-0.1, -0.05) is 243 Å². The Morgan fingerprint density at radius 1 is 0.189 bits per heavy atom. The van der Waals surface area contributed by atoms with Crippen molar-refractivity contribution in [3.05, 3.63) is 255 Å². The minimum atomic E-state index is 0.622. The Bertz CT molecular complexity index is 4180. The fraction of sp³-hybridized carbons (Fsp3) is 0. The van der Waals surface area contributed by atoms with E-state index in [4.69, 9.17) is 38.7 Å². The summed E-state index contributed by atoms with van der Waals surface area (Å²) in [6.07, 6.45) is 0. The van der Waals surface area contributed by atoms with Crippen LogP contribution in [0.4, 0.5) is 0 Å². The number of rotatable bonds is 8. The van der Waals surface area contributed by atoms with Gasteiger partial charge in [0, 0.05) is 66.1 Å². The van der Waals surface area contributed by atoms with Crippen molar-refractivity contribution in [3.8, 4) is 90.6 Å². The predicted octanol–water partition coefficient (Wildman–Crippen LogP) is 16.9. The topological polar surface area (TPSA) is 104 Å². The van der Waals surface area contributed by atoms with Crippen molar-refractivity contribution in [1.82, 2.24) is 29.9 Å². The van der Waals surface area contributed by atoms with Gasteiger partial charge in [0.2, 0.25) is 0 Å². The van der Waals surface area contributed by atoms with Crippen molar-refractivity contribution in [2.75, 3.05) is 0 Å². The highest BCUT2D eigenvalue weighted by molar-refractivity contribution is 6.11. The molecule has 8 heteroatoms. The predicted molar refractivity (Wildman–Crippen MR) is 298 cm³/mol. The van der Waals surface area contributed by atoms with Gasteiger partial charge in [-0.2, -0.15) is 0 Å². The van der Waals surface area contributed by atoms with Crippen LogP contribution < -0.4 is 0 Å². The highest BCUT2D eigenvalue weighted by Crippen LogP contribution is 2.40. The van der Waals surface area contributed by atoms with Gasteiger partial charge in [-0.15, -0.1) is 0 Å². The van der Waals surface area contributed by atoms with Crippen molar-refractivity contribution in [2.45, 2.75) is 0 Å². The van der Waals surface area contributed by atoms with Crippen LogP contribution in [0.1, 0.15) is 0 Å². The Morgan fingerprint density at radius 2 is 0.486 bits per heavy atom. The molecule has 0 saturated heterocycles. The summed E-state index contributed by atoms with van der Waals surface area (Å²) in [5, 5.41) is 4.45. The lowest BCUT2D eigenvalue weighted by atomic mass is 9.97. The molecule has 4 heterocycles. The second-order valence-electron chi connectivity index (χ2n) is 17.8. The molecule has 0 atom stereocenters. The summed E-state index contributed by atoms with van der Waals surface area (Å²) in [5.74, 6) is 3.85. The molecule has 0 saturated carbocycles. The fourth-order valence-corrected chi connectivity index (χ4v) is 9.51. The average molecular weight is 951 g/mol. The lowest BCUT2D eigenvalue weighted by molar-refractivity contribution is 0.669. The molecule has 74 heavy (non-hydrogen) atoms. The maximum absolute atomic E-state index is 6.36. The summed E-state index contributed by atoms with van der Waals surface area (Å²) in [5.41, 5.74) is 13.3. The van der Waals surface area contributed by atoms with E-state index in [1.807, 2.05) is 170 Å². The zero-order valence-corrected chi connectivity index (χ0v) is 39.7. The summed E-state index contributed by atoms with van der Waals surface area (Å²) < 4.78 is 12.6. The zero-order valence-electron chi connectivity index (χ0n) is 39.7. The van der Waals surface area contributed by atoms with Crippen LogP contribution in [0.25, 0.3) is 134 Å². The second kappa shape index (κ2) is 19.2. The van der Waals surface area contributed by atoms with Gasteiger partial charge in [0.1, 0.15) is 22.3 Å². The molecule has 0 aliphatic carbocycles. The molecule has 0 spiro atoms. The molecule has 8 nitrogen and oxygen atoms in total. The van der Waals surface area contributed by atoms with E-state index in [0.717, 1.165) is 99.5 Å². The third kappa shape index (κ3) is 8.42. The molecule has 10 aromatic carbocycles. The summed E-state index contributed by atoms with van der Waals surface area (Å²) in [6, 6.07) is 85.5. The lowest BCUT2D eigenvalue weighted by Crippen LogP contribution is -2.01. The molecule has 0 aliphatic heterocycles. The van der Waals surface area contributed by atoms with E-state index >= 15 is 0 Å². The van der Waals surface area contributed by atoms with E-state index in [1.165, 1.54) is 0 Å². The molecule has 0 unspecified atom stereocenters. The van der Waals surface area contributed by atoms with E-state index < -0.39 is 0 Å². The number of furan rings is 2. The summed E-state index contributed by atoms with van der Waals surface area (Å²) >= 11 is 0. The normalized spacial score (nSPS) is 11.2. The Kier molecular flexibility index (Phi) is 11.4. The summed E-state index contributed by atoms with van der Waals surface area (Å²) in [6.45, 7) is 0. The molecule has 0 radical (unpaired) electrons. The first kappa shape index (κ1) is 43.8. The molecular formula is C66H42N6O2. The van der Waals surface area contributed by atoms with Crippen molar-refractivity contribution >= 4 is 43.9 Å². The van der Waals surface area contributed by atoms with E-state index in [0.29, 0.717) is 34.9 Å². The van der Waals surface area contributed by atoms with E-state index in [9.17, 15) is 0 Å². The molecule has 0 bridgehead atoms. The van der Waals surface area contributed by atoms with Crippen molar-refractivity contribution in [1.29, 1.82) is 0 Å². The Balaban J connectivity index is 0.000000143. The van der Waals surface area contributed by atoms with Crippen LogP contribution in [-0.2, 0) is 0 Å². The molecule has 0 fully saturated rings. The first-order valence-electron chi connectivity index (χ1n) is 24.4. The Hall–Kier alpha value is -10.2. The van der Waals surface area contributed by atoms with E-state index in [-0.39, 0.29) is 0 Å². The molecular weight excluding hydrogens is 909 g/mol. The Labute approximate surface area is 426 Å². The van der Waals surface area contributed by atoms with Crippen LogP contribution in [0.5, 0.6) is 0 Å². The maximum Gasteiger partial charge on any atom is 0.164 e. The molecule has 0 aliphatic rings. The smallest absolute Gasteiger partial charge is 0.164 e. The number of para-hydroxylation sites is 4. The van der Waals surface area contributed by atoms with Crippen LogP contribution in [0, 0.1) is 0 Å². The summed E-state index contributed by atoms with van der Waals surface area (Å²) in [4.78, 5) is 29.2. The number of fused-ring (bicyclic) bond motifs is 6. The molecule has 0 amide bonds. The van der Waals surface area contributed by atoms with Crippen molar-refractivity contribution in [2.24, 2.45) is 0 Å². The minimum Gasteiger partial charge on any atom is -0.455 e. The first-order valence-corrected chi connectivity index (χ1v) is 24.4. The van der Waals surface area contributed by atoms with Crippen LogP contribution >= 0.6 is 0 Å². The number of aromatic nitrogens is 6. The molecule has 14 rings (SSSR count). The third-order valence-electron chi connectivity index (χ3n) is 13.1. The SMILES string of the molecule is c1ccc(-c2nc(-c3ccccc3)nc(-c3ccc(-c4cccc5c4oc4ccccc45)cc3)n2)cc1.c1ccc(-c2nc(-c3ccccc3)nc(-c3ccccc3-c3cccc4c3oc3ccccc34)n2)cc1. The third-order valence-corrected chi connectivity index (χ3v) is 13.1. The van der Waals surface area contributed by atoms with Gasteiger partial charge in [-0.3, -0.25) is 0 Å². The quantitative estimate of drug-likeness (QED) is 0.148. The number of hydrogen-bond donors (Lipinski definition) is 0. The van der Waals surface area contributed by atoms with Gasteiger partial charge >= 0.3 is 0 Å². The monoisotopic (exact) mass is 950 g/mol. The van der Waals surface area contributed by atoms with Gasteiger partial charge in [0.25, 0.3) is 0 Å². The van der Waals surface area contributed by atoms with Gasteiger partial charge in [0.05, 0.1) is 0 Å². The minimum absolute atomic E-state index is 0.622. The van der Waals surface area contributed by atoms with Crippen LogP contribution in [-0.4, -0.2) is 29.9 Å². The first-order chi connectivity index (χ1) is 36.7. The van der Waals surface area contributed by atoms with Crippen LogP contribution in [0.3, 0.4) is 0 Å². The van der Waals surface area contributed by atoms with Gasteiger partial charge in [-0.05, 0) is 23.3 Å². The van der Waals surface area contributed by atoms with Crippen LogP contribution in [0.2, 0.25) is 0 Å². The van der Waals surface area contributed by atoms with E-state index in [2.05, 4.69) is 84.9 Å².